The monoisotopic (exact) mass is 314 g/mol. The molecule has 0 aliphatic carbocycles. The lowest BCUT2D eigenvalue weighted by Gasteiger charge is -2.34. The van der Waals surface area contributed by atoms with Crippen LogP contribution in [0.25, 0.3) is 0 Å². The minimum atomic E-state index is -0.454. The fourth-order valence-corrected chi connectivity index (χ4v) is 2.62. The lowest BCUT2D eigenvalue weighted by atomic mass is 9.94. The second-order valence-corrected chi connectivity index (χ2v) is 7.53. The molecule has 2 N–H and O–H groups in total. The van der Waals surface area contributed by atoms with E-state index < -0.39 is 5.60 Å². The molecule has 0 bridgehead atoms. The Morgan fingerprint density at radius 2 is 2.05 bits per heavy atom. The van der Waals surface area contributed by atoms with Gasteiger partial charge in [-0.1, -0.05) is 20.8 Å². The molecule has 1 saturated heterocycles. The normalized spacial score (nSPS) is 24.1. The zero-order valence-electron chi connectivity index (χ0n) is 15.1. The number of amides is 1. The SMILES string of the molecule is CCC(CNC(=O)OC(C)(C)C)NC1CCOC(C(C)C)C1. The number of nitrogens with one attached hydrogen (secondary N) is 2. The summed E-state index contributed by atoms with van der Waals surface area (Å²) in [5.74, 6) is 0.546. The highest BCUT2D eigenvalue weighted by molar-refractivity contribution is 5.67. The number of alkyl carbamates (subject to hydrolysis) is 1. The molecule has 5 heteroatoms. The van der Waals surface area contributed by atoms with Gasteiger partial charge in [0, 0.05) is 25.2 Å². The Bertz CT molecular complexity index is 339. The Kier molecular flexibility index (Phi) is 7.63. The van der Waals surface area contributed by atoms with Gasteiger partial charge in [-0.2, -0.15) is 0 Å². The molecule has 0 saturated carbocycles. The van der Waals surface area contributed by atoms with Crippen molar-refractivity contribution in [2.24, 2.45) is 5.92 Å². The average molecular weight is 314 g/mol. The van der Waals surface area contributed by atoms with Gasteiger partial charge in [0.1, 0.15) is 5.60 Å². The summed E-state index contributed by atoms with van der Waals surface area (Å²) >= 11 is 0. The molecule has 1 amide bonds. The summed E-state index contributed by atoms with van der Waals surface area (Å²) < 4.78 is 11.1. The predicted molar refractivity (Wildman–Crippen MR) is 89.1 cm³/mol. The summed E-state index contributed by atoms with van der Waals surface area (Å²) in [4.78, 5) is 11.7. The van der Waals surface area contributed by atoms with Crippen LogP contribution >= 0.6 is 0 Å². The standard InChI is InChI=1S/C17H34N2O3/c1-7-13(11-18-16(20)22-17(4,5)6)19-14-8-9-21-15(10-14)12(2)3/h12-15,19H,7-11H2,1-6H3,(H,18,20). The van der Waals surface area contributed by atoms with E-state index in [4.69, 9.17) is 9.47 Å². The molecule has 0 spiro atoms. The molecule has 0 aromatic carbocycles. The van der Waals surface area contributed by atoms with Crippen LogP contribution < -0.4 is 10.6 Å². The molecule has 1 aliphatic heterocycles. The highest BCUT2D eigenvalue weighted by atomic mass is 16.6. The Morgan fingerprint density at radius 1 is 1.36 bits per heavy atom. The van der Waals surface area contributed by atoms with Crippen LogP contribution in [-0.2, 0) is 9.47 Å². The van der Waals surface area contributed by atoms with E-state index in [1.807, 2.05) is 20.8 Å². The van der Waals surface area contributed by atoms with Crippen molar-refractivity contribution in [2.75, 3.05) is 13.2 Å². The molecule has 1 fully saturated rings. The first-order valence-corrected chi connectivity index (χ1v) is 8.55. The van der Waals surface area contributed by atoms with Gasteiger partial charge in [0.2, 0.25) is 0 Å². The molecule has 3 unspecified atom stereocenters. The first-order valence-electron chi connectivity index (χ1n) is 8.55. The van der Waals surface area contributed by atoms with Gasteiger partial charge < -0.3 is 20.1 Å². The van der Waals surface area contributed by atoms with Gasteiger partial charge >= 0.3 is 6.09 Å². The molecule has 3 atom stereocenters. The molecule has 0 aromatic rings. The van der Waals surface area contributed by atoms with Crippen LogP contribution in [0.4, 0.5) is 4.79 Å². The summed E-state index contributed by atoms with van der Waals surface area (Å²) in [6.07, 6.45) is 3.04. The highest BCUT2D eigenvalue weighted by Crippen LogP contribution is 2.20. The lowest BCUT2D eigenvalue weighted by molar-refractivity contribution is -0.0260. The second kappa shape index (κ2) is 8.73. The minimum absolute atomic E-state index is 0.267. The molecule has 0 aromatic heterocycles. The molecule has 0 radical (unpaired) electrons. The number of carbonyl (C=O) groups is 1. The topological polar surface area (TPSA) is 59.6 Å². The van der Waals surface area contributed by atoms with E-state index >= 15 is 0 Å². The van der Waals surface area contributed by atoms with Crippen molar-refractivity contribution in [3.05, 3.63) is 0 Å². The van der Waals surface area contributed by atoms with E-state index in [-0.39, 0.29) is 12.1 Å². The molecule has 1 aliphatic rings. The molecule has 1 heterocycles. The van der Waals surface area contributed by atoms with Crippen molar-refractivity contribution in [3.8, 4) is 0 Å². The maximum atomic E-state index is 11.7. The van der Waals surface area contributed by atoms with Crippen LogP contribution in [0.2, 0.25) is 0 Å². The third kappa shape index (κ3) is 7.45. The third-order valence-electron chi connectivity index (χ3n) is 3.91. The first-order chi connectivity index (χ1) is 10.2. The van der Waals surface area contributed by atoms with Crippen molar-refractivity contribution in [1.29, 1.82) is 0 Å². The zero-order chi connectivity index (χ0) is 16.8. The Balaban J connectivity index is 2.37. The molecule has 5 nitrogen and oxygen atoms in total. The van der Waals surface area contributed by atoms with Gasteiger partial charge in [-0.05, 0) is 46.0 Å². The van der Waals surface area contributed by atoms with Gasteiger partial charge in [0.25, 0.3) is 0 Å². The number of ether oxygens (including phenoxy) is 2. The summed E-state index contributed by atoms with van der Waals surface area (Å²) in [7, 11) is 0. The number of hydrogen-bond acceptors (Lipinski definition) is 4. The quantitative estimate of drug-likeness (QED) is 0.791. The maximum absolute atomic E-state index is 11.7. The van der Waals surface area contributed by atoms with Gasteiger partial charge in [-0.15, -0.1) is 0 Å². The number of carbonyl (C=O) groups excluding carboxylic acids is 1. The summed E-state index contributed by atoms with van der Waals surface area (Å²) in [5.41, 5.74) is -0.454. The van der Waals surface area contributed by atoms with Crippen LogP contribution in [0.1, 0.15) is 60.8 Å². The summed E-state index contributed by atoms with van der Waals surface area (Å²) in [5, 5.41) is 6.52. The largest absolute Gasteiger partial charge is 0.444 e. The summed E-state index contributed by atoms with van der Waals surface area (Å²) in [6, 6.07) is 0.731. The zero-order valence-corrected chi connectivity index (χ0v) is 15.1. The van der Waals surface area contributed by atoms with Gasteiger partial charge in [-0.3, -0.25) is 0 Å². The van der Waals surface area contributed by atoms with Crippen LogP contribution in [0.5, 0.6) is 0 Å². The highest BCUT2D eigenvalue weighted by Gasteiger charge is 2.26. The Labute approximate surface area is 135 Å². The van der Waals surface area contributed by atoms with Gasteiger partial charge in [-0.25, -0.2) is 4.79 Å². The predicted octanol–water partition coefficient (Wildman–Crippen LogP) is 3.08. The summed E-state index contributed by atoms with van der Waals surface area (Å²) in [6.45, 7) is 13.6. The van der Waals surface area contributed by atoms with E-state index in [0.717, 1.165) is 25.9 Å². The fourth-order valence-electron chi connectivity index (χ4n) is 2.62. The van der Waals surface area contributed by atoms with Crippen molar-refractivity contribution < 1.29 is 14.3 Å². The van der Waals surface area contributed by atoms with Crippen LogP contribution in [-0.4, -0.2) is 43.0 Å². The molecular formula is C17H34N2O3. The average Bonchev–Trinajstić information content (AvgIpc) is 2.41. The lowest BCUT2D eigenvalue weighted by Crippen LogP contribution is -2.49. The van der Waals surface area contributed by atoms with E-state index in [1.54, 1.807) is 0 Å². The van der Waals surface area contributed by atoms with Crippen LogP contribution in [0.15, 0.2) is 0 Å². The van der Waals surface area contributed by atoms with Gasteiger partial charge in [0.05, 0.1) is 6.10 Å². The molecule has 130 valence electrons. The molecule has 22 heavy (non-hydrogen) atoms. The Hall–Kier alpha value is -0.810. The van der Waals surface area contributed by atoms with Crippen molar-refractivity contribution in [1.82, 2.24) is 10.6 Å². The third-order valence-corrected chi connectivity index (χ3v) is 3.91. The molecule has 1 rings (SSSR count). The fraction of sp³-hybridized carbons (Fsp3) is 0.941. The van der Waals surface area contributed by atoms with Crippen LogP contribution in [0.3, 0.4) is 0 Å². The van der Waals surface area contributed by atoms with E-state index in [2.05, 4.69) is 31.4 Å². The maximum Gasteiger partial charge on any atom is 0.407 e. The van der Waals surface area contributed by atoms with E-state index in [0.29, 0.717) is 24.6 Å². The number of hydrogen-bond donors (Lipinski definition) is 2. The van der Waals surface area contributed by atoms with Crippen molar-refractivity contribution in [3.63, 3.8) is 0 Å². The first kappa shape index (κ1) is 19.2. The van der Waals surface area contributed by atoms with E-state index in [9.17, 15) is 4.79 Å². The Morgan fingerprint density at radius 3 is 2.59 bits per heavy atom. The second-order valence-electron chi connectivity index (χ2n) is 7.53. The smallest absolute Gasteiger partial charge is 0.407 e. The number of rotatable bonds is 6. The minimum Gasteiger partial charge on any atom is -0.444 e. The van der Waals surface area contributed by atoms with Crippen LogP contribution in [0, 0.1) is 5.92 Å². The van der Waals surface area contributed by atoms with Crippen molar-refractivity contribution in [2.45, 2.75) is 84.6 Å². The molecular weight excluding hydrogens is 280 g/mol. The van der Waals surface area contributed by atoms with E-state index in [1.165, 1.54) is 0 Å². The van der Waals surface area contributed by atoms with Gasteiger partial charge in [0.15, 0.2) is 0 Å². The van der Waals surface area contributed by atoms with Crippen molar-refractivity contribution >= 4 is 6.09 Å².